The van der Waals surface area contributed by atoms with Gasteiger partial charge < -0.3 is 5.84 Å². The number of nitrogens with one attached hydrogen (secondary N) is 2. The van der Waals surface area contributed by atoms with E-state index in [1.165, 1.54) is 25.0 Å². The number of H-pyrrole nitrogens is 1. The van der Waals surface area contributed by atoms with E-state index in [1.807, 2.05) is 0 Å². The number of nitrogens with two attached hydrogens (primary N) is 1. The summed E-state index contributed by atoms with van der Waals surface area (Å²) in [6.45, 7) is 2.23. The van der Waals surface area contributed by atoms with Crippen LogP contribution >= 0.6 is 0 Å². The first kappa shape index (κ1) is 11.4. The normalized spacial score (nSPS) is 28.4. The molecule has 3 rings (SSSR count). The minimum atomic E-state index is 0.0569. The van der Waals surface area contributed by atoms with Gasteiger partial charge in [-0.25, -0.2) is 0 Å². The van der Waals surface area contributed by atoms with Crippen LogP contribution in [0.1, 0.15) is 49.1 Å². The number of aromatic amines is 1. The van der Waals surface area contributed by atoms with Crippen LogP contribution in [0.4, 0.5) is 0 Å². The minimum Gasteiger partial charge on any atom is -0.305 e. The molecule has 1 aromatic heterocycles. The number of rotatable bonds is 4. The number of nitrogens with zero attached hydrogens (tertiary/aromatic N) is 3. The lowest BCUT2D eigenvalue weighted by Crippen LogP contribution is -2.02. The fourth-order valence-corrected chi connectivity index (χ4v) is 3.38. The molecule has 6 heteroatoms. The molecule has 0 aliphatic heterocycles. The smallest absolute Gasteiger partial charge is 0.196 e. The van der Waals surface area contributed by atoms with E-state index in [0.29, 0.717) is 11.6 Å². The molecule has 0 aromatic carbocycles. The predicted octanol–water partition coefficient (Wildman–Crippen LogP) is 2.14. The topological polar surface area (TPSA) is 103 Å². The standard InChI is InChI=1S/C12H18N6/c1-2-3-4-6-7-5-8-10(9(6)7)15-16-11(8)12(13)17-18-14/h6-7,9H,2-5H2,1H3,(H,15,16)(H3,13,14,17). The van der Waals surface area contributed by atoms with Gasteiger partial charge in [0.2, 0.25) is 0 Å². The van der Waals surface area contributed by atoms with Crippen LogP contribution in [-0.2, 0) is 6.42 Å². The van der Waals surface area contributed by atoms with Gasteiger partial charge in [-0.1, -0.05) is 25.0 Å². The highest BCUT2D eigenvalue weighted by atomic mass is 15.3. The summed E-state index contributed by atoms with van der Waals surface area (Å²) in [6.07, 6.45) is 4.92. The van der Waals surface area contributed by atoms with Gasteiger partial charge in [0.1, 0.15) is 5.69 Å². The van der Waals surface area contributed by atoms with Crippen molar-refractivity contribution in [3.8, 4) is 0 Å². The zero-order valence-corrected chi connectivity index (χ0v) is 10.5. The molecule has 6 nitrogen and oxygen atoms in total. The fourth-order valence-electron chi connectivity index (χ4n) is 3.38. The Morgan fingerprint density at radius 1 is 1.61 bits per heavy atom. The maximum absolute atomic E-state index is 7.73. The molecule has 1 saturated carbocycles. The zero-order chi connectivity index (χ0) is 12.7. The lowest BCUT2D eigenvalue weighted by atomic mass is 10.0. The highest BCUT2D eigenvalue weighted by molar-refractivity contribution is 5.96. The summed E-state index contributed by atoms with van der Waals surface area (Å²) in [5.41, 5.74) is 3.02. The molecule has 18 heavy (non-hydrogen) atoms. The van der Waals surface area contributed by atoms with E-state index in [4.69, 9.17) is 11.3 Å². The van der Waals surface area contributed by atoms with Gasteiger partial charge in [-0.3, -0.25) is 10.5 Å². The molecule has 1 fully saturated rings. The van der Waals surface area contributed by atoms with Crippen molar-refractivity contribution in [2.75, 3.05) is 0 Å². The third-order valence-electron chi connectivity index (χ3n) is 4.28. The van der Waals surface area contributed by atoms with E-state index in [1.54, 1.807) is 0 Å². The molecule has 3 atom stereocenters. The van der Waals surface area contributed by atoms with E-state index in [9.17, 15) is 0 Å². The highest BCUT2D eigenvalue weighted by Gasteiger charge is 2.56. The summed E-state index contributed by atoms with van der Waals surface area (Å²) < 4.78 is 0. The van der Waals surface area contributed by atoms with E-state index < -0.39 is 0 Å². The Morgan fingerprint density at radius 2 is 2.44 bits per heavy atom. The molecule has 3 unspecified atom stereocenters. The van der Waals surface area contributed by atoms with Crippen molar-refractivity contribution in [2.24, 2.45) is 28.0 Å². The Balaban J connectivity index is 1.76. The molecule has 1 heterocycles. The SMILES string of the molecule is CCCCC1C2Cc3c(C(=N)N=NN)n[nH]c3C12. The van der Waals surface area contributed by atoms with Crippen LogP contribution < -0.4 is 5.84 Å². The average molecular weight is 246 g/mol. The van der Waals surface area contributed by atoms with E-state index in [-0.39, 0.29) is 5.84 Å². The molecule has 1 aromatic rings. The lowest BCUT2D eigenvalue weighted by Gasteiger charge is -2.03. The summed E-state index contributed by atoms with van der Waals surface area (Å²) in [5.74, 6) is 7.27. The minimum absolute atomic E-state index is 0.0569. The number of amidine groups is 1. The zero-order valence-electron chi connectivity index (χ0n) is 10.5. The Kier molecular flexibility index (Phi) is 2.65. The van der Waals surface area contributed by atoms with Crippen molar-refractivity contribution in [1.29, 1.82) is 5.41 Å². The predicted molar refractivity (Wildman–Crippen MR) is 67.4 cm³/mol. The molecule has 0 amide bonds. The van der Waals surface area contributed by atoms with Crippen LogP contribution in [0.2, 0.25) is 0 Å². The van der Waals surface area contributed by atoms with Crippen molar-refractivity contribution in [3.63, 3.8) is 0 Å². The second kappa shape index (κ2) is 4.19. The molecular formula is C12H18N6. The quantitative estimate of drug-likeness (QED) is 0.249. The molecule has 0 bridgehead atoms. The molecule has 0 spiro atoms. The van der Waals surface area contributed by atoms with Gasteiger partial charge >= 0.3 is 0 Å². The number of hydrogen-bond donors (Lipinski definition) is 3. The van der Waals surface area contributed by atoms with Gasteiger partial charge in [0.15, 0.2) is 5.84 Å². The van der Waals surface area contributed by atoms with Crippen LogP contribution in [0.25, 0.3) is 0 Å². The second-order valence-electron chi connectivity index (χ2n) is 5.23. The Labute approximate surface area is 106 Å². The van der Waals surface area contributed by atoms with E-state index in [0.717, 1.165) is 23.8 Å². The summed E-state index contributed by atoms with van der Waals surface area (Å²) >= 11 is 0. The largest absolute Gasteiger partial charge is 0.305 e. The molecule has 4 N–H and O–H groups in total. The van der Waals surface area contributed by atoms with E-state index in [2.05, 4.69) is 27.5 Å². The van der Waals surface area contributed by atoms with Crippen LogP contribution in [0.15, 0.2) is 10.3 Å². The summed E-state index contributed by atoms with van der Waals surface area (Å²) in [6, 6.07) is 0. The fraction of sp³-hybridized carbons (Fsp3) is 0.667. The van der Waals surface area contributed by atoms with Gasteiger partial charge in [0.05, 0.1) is 0 Å². The van der Waals surface area contributed by atoms with Crippen LogP contribution in [0, 0.1) is 17.2 Å². The van der Waals surface area contributed by atoms with Gasteiger partial charge in [-0.05, 0) is 24.7 Å². The Hall–Kier alpha value is -1.72. The first-order chi connectivity index (χ1) is 8.77. The maximum atomic E-state index is 7.73. The number of hydrogen-bond acceptors (Lipinski definition) is 3. The molecular weight excluding hydrogens is 228 g/mol. The van der Waals surface area contributed by atoms with Crippen molar-refractivity contribution < 1.29 is 0 Å². The molecule has 2 aliphatic rings. The molecule has 2 aliphatic carbocycles. The highest BCUT2D eigenvalue weighted by Crippen LogP contribution is 2.63. The number of fused-ring (bicyclic) bond motifs is 3. The lowest BCUT2D eigenvalue weighted by molar-refractivity contribution is 0.590. The monoisotopic (exact) mass is 246 g/mol. The second-order valence-corrected chi connectivity index (χ2v) is 5.23. The van der Waals surface area contributed by atoms with Gasteiger partial charge in [0.25, 0.3) is 0 Å². The van der Waals surface area contributed by atoms with E-state index >= 15 is 0 Å². The molecule has 0 radical (unpaired) electrons. The van der Waals surface area contributed by atoms with Gasteiger partial charge in [-0.2, -0.15) is 5.10 Å². The average Bonchev–Trinajstić information content (AvgIpc) is 2.73. The Bertz CT molecular complexity index is 503. The van der Waals surface area contributed by atoms with Crippen molar-refractivity contribution >= 4 is 5.84 Å². The summed E-state index contributed by atoms with van der Waals surface area (Å²) in [7, 11) is 0. The third-order valence-corrected chi connectivity index (χ3v) is 4.28. The third kappa shape index (κ3) is 1.55. The maximum Gasteiger partial charge on any atom is 0.196 e. The number of aromatic nitrogens is 2. The van der Waals surface area contributed by atoms with Crippen molar-refractivity contribution in [2.45, 2.75) is 38.5 Å². The van der Waals surface area contributed by atoms with Gasteiger partial charge in [0, 0.05) is 17.2 Å². The number of unbranched alkanes of at least 4 members (excludes halogenated alkanes) is 1. The molecule has 0 saturated heterocycles. The van der Waals surface area contributed by atoms with Crippen LogP contribution in [-0.4, -0.2) is 16.0 Å². The van der Waals surface area contributed by atoms with Gasteiger partial charge in [-0.15, -0.1) is 5.11 Å². The summed E-state index contributed by atoms with van der Waals surface area (Å²) in [5, 5.41) is 21.7. The van der Waals surface area contributed by atoms with Crippen LogP contribution in [0.5, 0.6) is 0 Å². The Morgan fingerprint density at radius 3 is 3.17 bits per heavy atom. The van der Waals surface area contributed by atoms with Crippen molar-refractivity contribution in [1.82, 2.24) is 10.2 Å². The summed E-state index contributed by atoms with van der Waals surface area (Å²) in [4.78, 5) is 0. The first-order valence-electron chi connectivity index (χ1n) is 6.54. The van der Waals surface area contributed by atoms with Crippen LogP contribution in [0.3, 0.4) is 0 Å². The first-order valence-corrected chi connectivity index (χ1v) is 6.54. The van der Waals surface area contributed by atoms with Crippen molar-refractivity contribution in [3.05, 3.63) is 17.0 Å². The molecule has 96 valence electrons.